The number of nitrogens with one attached hydrogen (secondary N) is 2. The predicted molar refractivity (Wildman–Crippen MR) is 131 cm³/mol. The zero-order chi connectivity index (χ0) is 25.4. The summed E-state index contributed by atoms with van der Waals surface area (Å²) >= 11 is 0. The Kier molecular flexibility index (Phi) is 6.99. The van der Waals surface area contributed by atoms with Gasteiger partial charge in [-0.1, -0.05) is 37.3 Å². The van der Waals surface area contributed by atoms with Gasteiger partial charge in [-0.3, -0.25) is 14.4 Å². The number of benzene rings is 1. The van der Waals surface area contributed by atoms with Crippen molar-refractivity contribution in [3.63, 3.8) is 0 Å². The maximum atomic E-state index is 13.9. The van der Waals surface area contributed by atoms with Crippen LogP contribution in [0.5, 0.6) is 0 Å². The zero-order valence-corrected chi connectivity index (χ0v) is 21.3. The third-order valence-electron chi connectivity index (χ3n) is 7.83. The van der Waals surface area contributed by atoms with Crippen molar-refractivity contribution in [2.75, 3.05) is 13.2 Å². The molecule has 4 rings (SSSR count). The van der Waals surface area contributed by atoms with Crippen LogP contribution in [0.4, 0.5) is 0 Å². The number of aliphatic hydroxyl groups excluding tert-OH is 1. The molecule has 3 N–H and O–H groups in total. The number of nitrogens with zero attached hydrogens (tertiary/aromatic N) is 1. The van der Waals surface area contributed by atoms with Crippen LogP contribution in [0.25, 0.3) is 0 Å². The van der Waals surface area contributed by atoms with Crippen molar-refractivity contribution in [1.29, 1.82) is 0 Å². The van der Waals surface area contributed by atoms with Crippen molar-refractivity contribution in [1.82, 2.24) is 15.5 Å². The average molecular weight is 486 g/mol. The summed E-state index contributed by atoms with van der Waals surface area (Å²) in [6.45, 7) is 8.47. The van der Waals surface area contributed by atoms with E-state index in [0.717, 1.165) is 5.56 Å². The van der Waals surface area contributed by atoms with Crippen LogP contribution in [0.3, 0.4) is 0 Å². The van der Waals surface area contributed by atoms with E-state index in [9.17, 15) is 19.5 Å². The quantitative estimate of drug-likeness (QED) is 0.465. The van der Waals surface area contributed by atoms with Crippen molar-refractivity contribution in [3.05, 3.63) is 35.9 Å². The van der Waals surface area contributed by atoms with Crippen LogP contribution >= 0.6 is 0 Å². The molecule has 1 aromatic rings. The Morgan fingerprint density at radius 1 is 1.14 bits per heavy atom. The van der Waals surface area contributed by atoms with Gasteiger partial charge in [0.2, 0.25) is 17.7 Å². The van der Waals surface area contributed by atoms with Crippen LogP contribution in [-0.2, 0) is 25.7 Å². The van der Waals surface area contributed by atoms with E-state index in [1.807, 2.05) is 58.0 Å². The van der Waals surface area contributed by atoms with Gasteiger partial charge < -0.3 is 25.4 Å². The molecular formula is C27H39N3O5. The second-order valence-electron chi connectivity index (χ2n) is 11.2. The number of rotatable bonds is 9. The summed E-state index contributed by atoms with van der Waals surface area (Å²) in [5.74, 6) is -1.97. The van der Waals surface area contributed by atoms with Gasteiger partial charge in [0.25, 0.3) is 0 Å². The first kappa shape index (κ1) is 25.6. The van der Waals surface area contributed by atoms with Crippen LogP contribution in [0, 0.1) is 11.8 Å². The van der Waals surface area contributed by atoms with E-state index in [2.05, 4.69) is 10.6 Å². The number of fused-ring (bicyclic) bond motifs is 1. The van der Waals surface area contributed by atoms with Gasteiger partial charge in [-0.25, -0.2) is 0 Å². The molecule has 3 heterocycles. The summed E-state index contributed by atoms with van der Waals surface area (Å²) in [5.41, 5.74) is -1.26. The predicted octanol–water partition coefficient (Wildman–Crippen LogP) is 2.14. The van der Waals surface area contributed by atoms with Gasteiger partial charge in [0.1, 0.15) is 11.6 Å². The van der Waals surface area contributed by atoms with Crippen molar-refractivity contribution in [3.8, 4) is 0 Å². The van der Waals surface area contributed by atoms with Crippen molar-refractivity contribution < 1.29 is 24.2 Å². The fraction of sp³-hybridized carbons (Fsp3) is 0.667. The van der Waals surface area contributed by atoms with Crippen molar-refractivity contribution >= 4 is 17.7 Å². The molecule has 2 unspecified atom stereocenters. The van der Waals surface area contributed by atoms with Crippen LogP contribution in [0.15, 0.2) is 30.3 Å². The van der Waals surface area contributed by atoms with Gasteiger partial charge in [0.05, 0.1) is 17.4 Å². The summed E-state index contributed by atoms with van der Waals surface area (Å²) in [7, 11) is 0. The third-order valence-corrected chi connectivity index (χ3v) is 7.83. The topological polar surface area (TPSA) is 108 Å². The fourth-order valence-corrected chi connectivity index (χ4v) is 6.38. The van der Waals surface area contributed by atoms with E-state index in [1.165, 1.54) is 0 Å². The molecule has 0 aliphatic carbocycles. The first-order valence-electron chi connectivity index (χ1n) is 12.8. The highest BCUT2D eigenvalue weighted by molar-refractivity contribution is 5.99. The lowest BCUT2D eigenvalue weighted by atomic mass is 9.65. The van der Waals surface area contributed by atoms with Crippen molar-refractivity contribution in [2.45, 2.75) is 89.1 Å². The minimum Gasteiger partial charge on any atom is -0.396 e. The summed E-state index contributed by atoms with van der Waals surface area (Å²) in [5, 5.41) is 15.4. The zero-order valence-electron chi connectivity index (χ0n) is 21.3. The van der Waals surface area contributed by atoms with Crippen molar-refractivity contribution in [2.24, 2.45) is 11.8 Å². The third kappa shape index (κ3) is 4.47. The Balaban J connectivity index is 1.66. The summed E-state index contributed by atoms with van der Waals surface area (Å²) in [6.07, 6.45) is 2.92. The Morgan fingerprint density at radius 2 is 1.86 bits per heavy atom. The second-order valence-corrected chi connectivity index (χ2v) is 11.2. The number of amides is 3. The maximum Gasteiger partial charge on any atom is 0.246 e. The van der Waals surface area contributed by atoms with E-state index in [4.69, 9.17) is 4.74 Å². The standard InChI is InChI=1S/C27H39N3O5/c1-5-26-13-14-27(35-26)20(19(26)22(32)28-17-18-11-7-6-8-12-18)24(34)30(15-9-10-16-31)21(27)23(33)29-25(2,3)4/h6-8,11-12,19-21,31H,5,9-10,13-17H2,1-4H3,(H,28,32)(H,29,33)/t19-,20+,21?,26+,27?/m1/s1. The molecule has 0 radical (unpaired) electrons. The van der Waals surface area contributed by atoms with Crippen LogP contribution in [0.1, 0.15) is 65.4 Å². The van der Waals surface area contributed by atoms with Gasteiger partial charge in [0.15, 0.2) is 0 Å². The van der Waals surface area contributed by atoms with Gasteiger partial charge in [-0.2, -0.15) is 0 Å². The fourth-order valence-electron chi connectivity index (χ4n) is 6.38. The van der Waals surface area contributed by atoms with E-state index < -0.39 is 34.6 Å². The Labute approximate surface area is 207 Å². The summed E-state index contributed by atoms with van der Waals surface area (Å²) in [4.78, 5) is 42.8. The van der Waals surface area contributed by atoms with Crippen LogP contribution in [-0.4, -0.2) is 63.7 Å². The number of hydrogen-bond acceptors (Lipinski definition) is 5. The largest absolute Gasteiger partial charge is 0.396 e. The molecule has 0 aromatic heterocycles. The highest BCUT2D eigenvalue weighted by Gasteiger charge is 2.78. The number of carbonyl (C=O) groups is 3. The normalized spacial score (nSPS) is 31.5. The van der Waals surface area contributed by atoms with Gasteiger partial charge in [0, 0.05) is 25.2 Å². The van der Waals surface area contributed by atoms with Gasteiger partial charge >= 0.3 is 0 Å². The second kappa shape index (κ2) is 9.54. The lowest BCUT2D eigenvalue weighted by molar-refractivity contribution is -0.148. The number of unbranched alkanes of at least 4 members (excludes halogenated alkanes) is 1. The first-order valence-corrected chi connectivity index (χ1v) is 12.8. The Hall–Kier alpha value is -2.45. The average Bonchev–Trinajstić information content (AvgIpc) is 3.41. The molecule has 192 valence electrons. The minimum absolute atomic E-state index is 0.0232. The van der Waals surface area contributed by atoms with Gasteiger partial charge in [-0.15, -0.1) is 0 Å². The molecule has 2 bridgehead atoms. The smallest absolute Gasteiger partial charge is 0.246 e. The number of carbonyl (C=O) groups excluding carboxylic acids is 3. The molecule has 0 saturated carbocycles. The molecule has 3 aliphatic heterocycles. The Morgan fingerprint density at radius 3 is 2.49 bits per heavy atom. The monoisotopic (exact) mass is 485 g/mol. The number of likely N-dealkylation sites (tertiary alicyclic amines) is 1. The number of aliphatic hydroxyl groups is 1. The molecule has 3 amide bonds. The summed E-state index contributed by atoms with van der Waals surface area (Å²) < 4.78 is 6.73. The molecule has 8 heteroatoms. The molecule has 1 spiro atoms. The minimum atomic E-state index is -1.02. The molecule has 3 saturated heterocycles. The molecule has 3 fully saturated rings. The molecule has 1 aromatic carbocycles. The SMILES string of the molecule is CC[C@@]12CCC3(O1)C(C(=O)NC(C)(C)C)N(CCCCO)C(=O)[C@@H]3[C@@H]2C(=O)NCc1ccccc1. The van der Waals surface area contributed by atoms with E-state index >= 15 is 0 Å². The number of ether oxygens (including phenoxy) is 1. The molecule has 5 atom stereocenters. The molecule has 35 heavy (non-hydrogen) atoms. The maximum absolute atomic E-state index is 13.9. The lowest BCUT2D eigenvalue weighted by Crippen LogP contribution is -2.58. The first-order chi connectivity index (χ1) is 16.6. The lowest BCUT2D eigenvalue weighted by Gasteiger charge is -2.35. The highest BCUT2D eigenvalue weighted by atomic mass is 16.5. The van der Waals surface area contributed by atoms with Crippen LogP contribution < -0.4 is 10.6 Å². The van der Waals surface area contributed by atoms with Crippen LogP contribution in [0.2, 0.25) is 0 Å². The van der Waals surface area contributed by atoms with E-state index in [0.29, 0.717) is 45.2 Å². The summed E-state index contributed by atoms with van der Waals surface area (Å²) in [6, 6.07) is 8.88. The molecular weight excluding hydrogens is 446 g/mol. The molecule has 3 aliphatic rings. The van der Waals surface area contributed by atoms with Gasteiger partial charge in [-0.05, 0) is 58.4 Å². The van der Waals surface area contributed by atoms with E-state index in [1.54, 1.807) is 4.90 Å². The Bertz CT molecular complexity index is 961. The number of hydrogen-bond donors (Lipinski definition) is 3. The molecule has 8 nitrogen and oxygen atoms in total. The highest BCUT2D eigenvalue weighted by Crippen LogP contribution is 2.64. The van der Waals surface area contributed by atoms with E-state index in [-0.39, 0.29) is 24.3 Å².